The van der Waals surface area contributed by atoms with E-state index in [4.69, 9.17) is 4.99 Å². The van der Waals surface area contributed by atoms with Gasteiger partial charge in [-0.15, -0.1) is 0 Å². The summed E-state index contributed by atoms with van der Waals surface area (Å²) < 4.78 is 0. The molecule has 0 saturated carbocycles. The van der Waals surface area contributed by atoms with Crippen LogP contribution in [0.5, 0.6) is 0 Å². The predicted molar refractivity (Wildman–Crippen MR) is 83.0 cm³/mol. The summed E-state index contributed by atoms with van der Waals surface area (Å²) in [5.74, 6) is 1.13. The molecule has 18 heavy (non-hydrogen) atoms. The van der Waals surface area contributed by atoms with Crippen molar-refractivity contribution in [3.05, 3.63) is 24.3 Å². The summed E-state index contributed by atoms with van der Waals surface area (Å²) in [6.07, 6.45) is 1.14. The quantitative estimate of drug-likeness (QED) is 0.886. The molecule has 0 atom stereocenters. The van der Waals surface area contributed by atoms with Gasteiger partial charge in [-0.2, -0.15) is 0 Å². The van der Waals surface area contributed by atoms with Gasteiger partial charge in [0, 0.05) is 19.8 Å². The fraction of sp³-hybridized carbons (Fsp3) is 0.500. The van der Waals surface area contributed by atoms with E-state index in [0.717, 1.165) is 23.0 Å². The predicted octanol–water partition coefficient (Wildman–Crippen LogP) is 3.44. The molecule has 98 valence electrons. The van der Waals surface area contributed by atoms with Crippen LogP contribution < -0.4 is 10.2 Å². The summed E-state index contributed by atoms with van der Waals surface area (Å²) in [6.45, 7) is 4.37. The highest BCUT2D eigenvalue weighted by molar-refractivity contribution is 8.14. The number of thioether (sulfide) groups is 1. The Morgan fingerprint density at radius 1 is 1.28 bits per heavy atom. The molecule has 0 spiro atoms. The Bertz CT molecular complexity index is 452. The molecule has 4 heteroatoms. The first-order valence-corrected chi connectivity index (χ1v) is 7.22. The number of amidine groups is 1. The van der Waals surface area contributed by atoms with Gasteiger partial charge in [0.2, 0.25) is 0 Å². The summed E-state index contributed by atoms with van der Waals surface area (Å²) in [5.41, 5.74) is 2.36. The van der Waals surface area contributed by atoms with Gasteiger partial charge in [-0.25, -0.2) is 0 Å². The maximum absolute atomic E-state index is 4.76. The average molecular weight is 263 g/mol. The van der Waals surface area contributed by atoms with Crippen LogP contribution in [0.4, 0.5) is 11.4 Å². The SMILES string of the molecule is CN(C)c1ccccc1NC1=NC(C)(C)CCS1. The zero-order chi connectivity index (χ0) is 13.2. The number of hydrogen-bond donors (Lipinski definition) is 1. The van der Waals surface area contributed by atoms with Gasteiger partial charge in [0.05, 0.1) is 16.9 Å². The van der Waals surface area contributed by atoms with Crippen molar-refractivity contribution < 1.29 is 0 Å². The molecule has 2 rings (SSSR count). The second-order valence-electron chi connectivity index (χ2n) is 5.36. The Morgan fingerprint density at radius 3 is 2.67 bits per heavy atom. The largest absolute Gasteiger partial charge is 0.376 e. The van der Waals surface area contributed by atoms with Gasteiger partial charge in [0.1, 0.15) is 0 Å². The monoisotopic (exact) mass is 263 g/mol. The van der Waals surface area contributed by atoms with Gasteiger partial charge in [-0.1, -0.05) is 23.9 Å². The highest BCUT2D eigenvalue weighted by Gasteiger charge is 2.22. The van der Waals surface area contributed by atoms with E-state index in [1.165, 1.54) is 5.69 Å². The minimum atomic E-state index is 0.0562. The third kappa shape index (κ3) is 3.19. The second-order valence-corrected chi connectivity index (χ2v) is 6.45. The molecular weight excluding hydrogens is 242 g/mol. The van der Waals surface area contributed by atoms with E-state index in [9.17, 15) is 0 Å². The first-order chi connectivity index (χ1) is 8.48. The molecule has 0 radical (unpaired) electrons. The number of nitrogens with one attached hydrogen (secondary N) is 1. The molecule has 0 aliphatic carbocycles. The highest BCUT2D eigenvalue weighted by Crippen LogP contribution is 2.29. The van der Waals surface area contributed by atoms with Crippen molar-refractivity contribution in [1.82, 2.24) is 0 Å². The maximum atomic E-state index is 4.76. The summed E-state index contributed by atoms with van der Waals surface area (Å²) >= 11 is 1.80. The van der Waals surface area contributed by atoms with Gasteiger partial charge in [-0.3, -0.25) is 4.99 Å². The third-order valence-electron chi connectivity index (χ3n) is 2.98. The van der Waals surface area contributed by atoms with Crippen molar-refractivity contribution in [2.45, 2.75) is 25.8 Å². The summed E-state index contributed by atoms with van der Waals surface area (Å²) in [5, 5.41) is 4.49. The van der Waals surface area contributed by atoms with Crippen molar-refractivity contribution >= 4 is 28.3 Å². The van der Waals surface area contributed by atoms with Crippen LogP contribution in [-0.4, -0.2) is 30.6 Å². The van der Waals surface area contributed by atoms with Crippen molar-refractivity contribution in [3.8, 4) is 0 Å². The highest BCUT2D eigenvalue weighted by atomic mass is 32.2. The van der Waals surface area contributed by atoms with Gasteiger partial charge in [0.25, 0.3) is 0 Å². The van der Waals surface area contributed by atoms with Gasteiger partial charge in [-0.05, 0) is 32.4 Å². The fourth-order valence-corrected chi connectivity index (χ4v) is 3.20. The summed E-state index contributed by atoms with van der Waals surface area (Å²) in [6, 6.07) is 8.32. The van der Waals surface area contributed by atoms with Crippen LogP contribution in [0, 0.1) is 0 Å². The lowest BCUT2D eigenvalue weighted by molar-refractivity contribution is 0.507. The topological polar surface area (TPSA) is 27.6 Å². The van der Waals surface area contributed by atoms with Gasteiger partial charge < -0.3 is 10.2 Å². The standard InChI is InChI=1S/C14H21N3S/c1-14(2)9-10-18-13(16-14)15-11-7-5-6-8-12(11)17(3)4/h5-8H,9-10H2,1-4H3,(H,15,16). The van der Waals surface area contributed by atoms with Crippen molar-refractivity contribution in [2.75, 3.05) is 30.1 Å². The molecule has 1 aromatic rings. The normalized spacial score (nSPS) is 18.1. The Morgan fingerprint density at radius 2 is 2.00 bits per heavy atom. The number of nitrogens with zero attached hydrogens (tertiary/aromatic N) is 2. The zero-order valence-electron chi connectivity index (χ0n) is 11.5. The Hall–Kier alpha value is -1.16. The molecule has 0 aromatic heterocycles. The van der Waals surface area contributed by atoms with Crippen LogP contribution in [0.2, 0.25) is 0 Å². The number of para-hydroxylation sites is 2. The Labute approximate surface area is 114 Å². The molecule has 0 saturated heterocycles. The van der Waals surface area contributed by atoms with Gasteiger partial charge >= 0.3 is 0 Å². The average Bonchev–Trinajstić information content (AvgIpc) is 2.28. The second kappa shape index (κ2) is 5.22. The lowest BCUT2D eigenvalue weighted by atomic mass is 10.0. The smallest absolute Gasteiger partial charge is 0.161 e. The molecule has 1 aromatic carbocycles. The lowest BCUT2D eigenvalue weighted by Gasteiger charge is -2.27. The molecular formula is C14H21N3S. The summed E-state index contributed by atoms with van der Waals surface area (Å²) in [7, 11) is 4.11. The van der Waals surface area contributed by atoms with Crippen LogP contribution >= 0.6 is 11.8 Å². The number of rotatable bonds is 2. The molecule has 3 nitrogen and oxygen atoms in total. The molecule has 1 heterocycles. The molecule has 1 aliphatic heterocycles. The first-order valence-electron chi connectivity index (χ1n) is 6.24. The maximum Gasteiger partial charge on any atom is 0.161 e. The minimum absolute atomic E-state index is 0.0562. The van der Waals surface area contributed by atoms with Crippen molar-refractivity contribution in [1.29, 1.82) is 0 Å². The van der Waals surface area contributed by atoms with E-state index in [1.807, 2.05) is 0 Å². The Kier molecular flexibility index (Phi) is 3.85. The Balaban J connectivity index is 2.22. The van der Waals surface area contributed by atoms with Crippen LogP contribution in [0.25, 0.3) is 0 Å². The molecule has 0 unspecified atom stereocenters. The van der Waals surface area contributed by atoms with Crippen LogP contribution in [0.1, 0.15) is 20.3 Å². The van der Waals surface area contributed by atoms with E-state index in [2.05, 4.69) is 62.4 Å². The lowest BCUT2D eigenvalue weighted by Crippen LogP contribution is -2.27. The van der Waals surface area contributed by atoms with E-state index in [1.54, 1.807) is 11.8 Å². The molecule has 0 fully saturated rings. The van der Waals surface area contributed by atoms with E-state index < -0.39 is 0 Å². The molecule has 1 aliphatic rings. The molecule has 0 amide bonds. The third-order valence-corrected chi connectivity index (χ3v) is 3.86. The number of anilines is 2. The van der Waals surface area contributed by atoms with Crippen molar-refractivity contribution in [3.63, 3.8) is 0 Å². The van der Waals surface area contributed by atoms with Crippen molar-refractivity contribution in [2.24, 2.45) is 4.99 Å². The number of hydrogen-bond acceptors (Lipinski definition) is 4. The fourth-order valence-electron chi connectivity index (χ4n) is 1.91. The first kappa shape index (κ1) is 13.3. The van der Waals surface area contributed by atoms with Crippen LogP contribution in [0.3, 0.4) is 0 Å². The summed E-state index contributed by atoms with van der Waals surface area (Å²) in [4.78, 5) is 6.87. The van der Waals surface area contributed by atoms with Crippen LogP contribution in [0.15, 0.2) is 29.3 Å². The van der Waals surface area contributed by atoms with Gasteiger partial charge in [0.15, 0.2) is 5.17 Å². The zero-order valence-corrected chi connectivity index (χ0v) is 12.3. The van der Waals surface area contributed by atoms with E-state index in [0.29, 0.717) is 0 Å². The van der Waals surface area contributed by atoms with Crippen LogP contribution in [-0.2, 0) is 0 Å². The molecule has 1 N–H and O–H groups in total. The number of aliphatic imine (C=N–C) groups is 1. The van der Waals surface area contributed by atoms with E-state index in [-0.39, 0.29) is 5.54 Å². The molecule has 0 bridgehead atoms. The minimum Gasteiger partial charge on any atom is -0.376 e. The number of benzene rings is 1. The van der Waals surface area contributed by atoms with E-state index >= 15 is 0 Å².